The fourth-order valence-electron chi connectivity index (χ4n) is 2.70. The van der Waals surface area contributed by atoms with Crippen molar-refractivity contribution >= 4 is 11.5 Å². The summed E-state index contributed by atoms with van der Waals surface area (Å²) in [6.07, 6.45) is 6.43. The smallest absolute Gasteiger partial charge is 0.276 e. The molecule has 2 heterocycles. The van der Waals surface area contributed by atoms with E-state index in [1.807, 2.05) is 0 Å². The quantitative estimate of drug-likeness (QED) is 0.728. The minimum absolute atomic E-state index is 0.235. The zero-order valence-electron chi connectivity index (χ0n) is 11.1. The highest BCUT2D eigenvalue weighted by atomic mass is 16.1. The Kier molecular flexibility index (Phi) is 3.42. The van der Waals surface area contributed by atoms with E-state index in [0.29, 0.717) is 11.7 Å². The van der Waals surface area contributed by atoms with E-state index in [9.17, 15) is 4.79 Å². The summed E-state index contributed by atoms with van der Waals surface area (Å²) in [6.45, 7) is 2.92. The molecular weight excluding hydrogens is 242 g/mol. The summed E-state index contributed by atoms with van der Waals surface area (Å²) >= 11 is 0. The summed E-state index contributed by atoms with van der Waals surface area (Å²) < 4.78 is 0. The molecule has 0 radical (unpaired) electrons. The molecule has 1 aliphatic carbocycles. The number of nitrogen functional groups attached to an aromatic ring is 1. The largest absolute Gasteiger partial charge is 0.391 e. The average Bonchev–Trinajstić information content (AvgIpc) is 3.24. The van der Waals surface area contributed by atoms with Crippen molar-refractivity contribution in [1.82, 2.24) is 15.3 Å². The zero-order chi connectivity index (χ0) is 13.2. The second-order valence-electron chi connectivity index (χ2n) is 5.61. The third-order valence-electron chi connectivity index (χ3n) is 3.96. The van der Waals surface area contributed by atoms with Crippen LogP contribution in [0.2, 0.25) is 0 Å². The van der Waals surface area contributed by atoms with E-state index in [1.54, 1.807) is 0 Å². The summed E-state index contributed by atoms with van der Waals surface area (Å²) in [6, 6.07) is 0.748. The van der Waals surface area contributed by atoms with Gasteiger partial charge in [0.25, 0.3) is 5.56 Å². The molecule has 6 heteroatoms. The second kappa shape index (κ2) is 5.21. The normalized spacial score (nSPS) is 23.6. The van der Waals surface area contributed by atoms with Crippen LogP contribution in [0, 0.1) is 5.92 Å². The summed E-state index contributed by atoms with van der Waals surface area (Å²) in [5.41, 5.74) is 5.82. The molecule has 6 nitrogen and oxygen atoms in total. The van der Waals surface area contributed by atoms with Crippen LogP contribution in [0.3, 0.4) is 0 Å². The molecule has 0 bridgehead atoms. The predicted octanol–water partition coefficient (Wildman–Crippen LogP) is 0.320. The fraction of sp³-hybridized carbons (Fsp3) is 0.692. The number of nitrogens with two attached hydrogens (primary N) is 1. The fourth-order valence-corrected chi connectivity index (χ4v) is 2.70. The van der Waals surface area contributed by atoms with Gasteiger partial charge >= 0.3 is 0 Å². The van der Waals surface area contributed by atoms with Gasteiger partial charge in [0.15, 0.2) is 5.82 Å². The molecule has 2 fully saturated rings. The highest BCUT2D eigenvalue weighted by Crippen LogP contribution is 2.25. The summed E-state index contributed by atoms with van der Waals surface area (Å²) in [5.74, 6) is 1.26. The molecule has 4 N–H and O–H groups in total. The molecule has 0 spiro atoms. The Labute approximate surface area is 112 Å². The Morgan fingerprint density at radius 2 is 2.32 bits per heavy atom. The van der Waals surface area contributed by atoms with Crippen LogP contribution in [0.4, 0.5) is 11.5 Å². The Bertz CT molecular complexity index is 496. The first-order chi connectivity index (χ1) is 9.24. The van der Waals surface area contributed by atoms with Crippen LogP contribution >= 0.6 is 0 Å². The molecule has 3 rings (SSSR count). The van der Waals surface area contributed by atoms with Crippen molar-refractivity contribution < 1.29 is 0 Å². The number of rotatable bonds is 4. The van der Waals surface area contributed by atoms with Crippen LogP contribution < -0.4 is 21.5 Å². The number of nitrogens with one attached hydrogen (secondary N) is 2. The minimum atomic E-state index is -0.247. The van der Waals surface area contributed by atoms with Crippen LogP contribution in [0.15, 0.2) is 11.1 Å². The first-order valence-corrected chi connectivity index (χ1v) is 7.05. The van der Waals surface area contributed by atoms with Gasteiger partial charge in [0, 0.05) is 19.1 Å². The maximum absolute atomic E-state index is 11.5. The first kappa shape index (κ1) is 12.5. The number of piperidine rings is 1. The molecule has 0 aromatic carbocycles. The Morgan fingerprint density at radius 3 is 3.11 bits per heavy atom. The van der Waals surface area contributed by atoms with Crippen molar-refractivity contribution in [3.8, 4) is 0 Å². The Hall–Kier alpha value is -1.56. The molecule has 104 valence electrons. The standard InChI is InChI=1S/C13H21N5O/c14-11-12(16-8-17-13(11)19)18-5-1-2-9(7-18)6-15-10-3-4-10/h8-10,15H,1-7,14H2,(H,16,17,19). The Balaban J connectivity index is 1.66. The number of aromatic nitrogens is 2. The third-order valence-corrected chi connectivity index (χ3v) is 3.96. The highest BCUT2D eigenvalue weighted by Gasteiger charge is 2.26. The van der Waals surface area contributed by atoms with Crippen LogP contribution in [-0.2, 0) is 0 Å². The van der Waals surface area contributed by atoms with E-state index >= 15 is 0 Å². The van der Waals surface area contributed by atoms with E-state index < -0.39 is 0 Å². The van der Waals surface area contributed by atoms with E-state index in [-0.39, 0.29) is 11.2 Å². The van der Waals surface area contributed by atoms with Crippen molar-refractivity contribution in [2.45, 2.75) is 31.7 Å². The lowest BCUT2D eigenvalue weighted by Crippen LogP contribution is -2.41. The summed E-state index contributed by atoms with van der Waals surface area (Å²) in [7, 11) is 0. The van der Waals surface area contributed by atoms with E-state index in [4.69, 9.17) is 5.73 Å². The van der Waals surface area contributed by atoms with E-state index in [2.05, 4.69) is 20.2 Å². The summed E-state index contributed by atoms with van der Waals surface area (Å²) in [5, 5.41) is 3.58. The van der Waals surface area contributed by atoms with Crippen LogP contribution in [0.1, 0.15) is 25.7 Å². The van der Waals surface area contributed by atoms with Crippen molar-refractivity contribution in [3.05, 3.63) is 16.7 Å². The lowest BCUT2D eigenvalue weighted by atomic mass is 9.98. The molecule has 1 aromatic heterocycles. The zero-order valence-corrected chi connectivity index (χ0v) is 11.1. The van der Waals surface area contributed by atoms with Gasteiger partial charge in [0.1, 0.15) is 5.69 Å². The molecule has 1 atom stereocenters. The van der Waals surface area contributed by atoms with Gasteiger partial charge in [-0.15, -0.1) is 0 Å². The van der Waals surface area contributed by atoms with Crippen molar-refractivity contribution in [3.63, 3.8) is 0 Å². The summed E-state index contributed by atoms with van der Waals surface area (Å²) in [4.78, 5) is 20.4. The molecule has 2 aliphatic rings. The topological polar surface area (TPSA) is 87.0 Å². The van der Waals surface area contributed by atoms with Gasteiger partial charge in [-0.3, -0.25) is 4.79 Å². The predicted molar refractivity (Wildman–Crippen MR) is 75.2 cm³/mol. The van der Waals surface area contributed by atoms with Crippen molar-refractivity contribution in [1.29, 1.82) is 0 Å². The van der Waals surface area contributed by atoms with Crippen molar-refractivity contribution in [2.24, 2.45) is 5.92 Å². The van der Waals surface area contributed by atoms with Crippen LogP contribution in [0.5, 0.6) is 0 Å². The number of nitrogens with zero attached hydrogens (tertiary/aromatic N) is 2. The van der Waals surface area contributed by atoms with Crippen molar-refractivity contribution in [2.75, 3.05) is 30.3 Å². The number of hydrogen-bond donors (Lipinski definition) is 3. The molecule has 1 saturated heterocycles. The SMILES string of the molecule is Nc1c(N2CCCC(CNC3CC3)C2)nc[nH]c1=O. The maximum atomic E-state index is 11.5. The van der Waals surface area contributed by atoms with E-state index in [1.165, 1.54) is 25.6 Å². The molecule has 1 aliphatic heterocycles. The Morgan fingerprint density at radius 1 is 1.47 bits per heavy atom. The molecular formula is C13H21N5O. The highest BCUT2D eigenvalue weighted by molar-refractivity contribution is 5.61. The van der Waals surface area contributed by atoms with Crippen LogP contribution in [-0.4, -0.2) is 35.6 Å². The van der Waals surface area contributed by atoms with E-state index in [0.717, 1.165) is 32.1 Å². The number of hydrogen-bond acceptors (Lipinski definition) is 5. The monoisotopic (exact) mass is 263 g/mol. The number of H-pyrrole nitrogens is 1. The van der Waals surface area contributed by atoms with Gasteiger partial charge < -0.3 is 20.9 Å². The van der Waals surface area contributed by atoms with Gasteiger partial charge in [-0.2, -0.15) is 0 Å². The first-order valence-electron chi connectivity index (χ1n) is 7.05. The molecule has 1 unspecified atom stereocenters. The maximum Gasteiger partial charge on any atom is 0.276 e. The van der Waals surface area contributed by atoms with Gasteiger partial charge in [-0.1, -0.05) is 0 Å². The van der Waals surface area contributed by atoms with Gasteiger partial charge in [0.05, 0.1) is 6.33 Å². The minimum Gasteiger partial charge on any atom is -0.391 e. The van der Waals surface area contributed by atoms with Gasteiger partial charge in [-0.25, -0.2) is 4.98 Å². The molecule has 1 saturated carbocycles. The number of anilines is 2. The van der Waals surface area contributed by atoms with Gasteiger partial charge in [0.2, 0.25) is 0 Å². The average molecular weight is 263 g/mol. The lowest BCUT2D eigenvalue weighted by molar-refractivity contribution is 0.389. The van der Waals surface area contributed by atoms with Crippen LogP contribution in [0.25, 0.3) is 0 Å². The second-order valence-corrected chi connectivity index (χ2v) is 5.61. The lowest BCUT2D eigenvalue weighted by Gasteiger charge is -2.34. The molecule has 1 aromatic rings. The molecule has 19 heavy (non-hydrogen) atoms. The molecule has 0 amide bonds. The third kappa shape index (κ3) is 2.89. The number of aromatic amines is 1. The van der Waals surface area contributed by atoms with Gasteiger partial charge in [-0.05, 0) is 38.1 Å².